The van der Waals surface area contributed by atoms with Crippen LogP contribution >= 0.6 is 0 Å². The van der Waals surface area contributed by atoms with Crippen molar-refractivity contribution in [2.75, 3.05) is 0 Å². The van der Waals surface area contributed by atoms with E-state index in [9.17, 15) is 9.90 Å². The predicted octanol–water partition coefficient (Wildman–Crippen LogP) is 2.53. The molecule has 1 spiro atoms. The first-order chi connectivity index (χ1) is 7.20. The molecule has 0 aromatic carbocycles. The van der Waals surface area contributed by atoms with Crippen LogP contribution in [0, 0.1) is 35.0 Å². The number of hydrogen-bond donors (Lipinski definition) is 1. The van der Waals surface area contributed by atoms with Gasteiger partial charge in [0, 0.05) is 0 Å². The zero-order valence-corrected chi connectivity index (χ0v) is 8.98. The Morgan fingerprint density at radius 2 is 1.53 bits per heavy atom. The van der Waals surface area contributed by atoms with Crippen molar-refractivity contribution in [1.82, 2.24) is 0 Å². The SMILES string of the molecule is O=C(O)[C@H]1CC12C1CC3CC(C1)CC2C3. The number of rotatable bonds is 1. The maximum atomic E-state index is 11.2. The highest BCUT2D eigenvalue weighted by Gasteiger charge is 2.70. The second-order valence-corrected chi connectivity index (χ2v) is 6.51. The predicted molar refractivity (Wildman–Crippen MR) is 55.2 cm³/mol. The van der Waals surface area contributed by atoms with E-state index in [-0.39, 0.29) is 5.92 Å². The molecular weight excluding hydrogens is 188 g/mol. The molecule has 1 N–H and O–H groups in total. The summed E-state index contributed by atoms with van der Waals surface area (Å²) < 4.78 is 0. The van der Waals surface area contributed by atoms with Crippen molar-refractivity contribution in [3.8, 4) is 0 Å². The van der Waals surface area contributed by atoms with E-state index in [1.54, 1.807) is 0 Å². The molecule has 5 saturated carbocycles. The topological polar surface area (TPSA) is 37.3 Å². The monoisotopic (exact) mass is 206 g/mol. The lowest BCUT2D eigenvalue weighted by Crippen LogP contribution is -2.47. The number of carboxylic acids is 1. The number of hydrogen-bond acceptors (Lipinski definition) is 1. The summed E-state index contributed by atoms with van der Waals surface area (Å²) in [5, 5.41) is 9.20. The number of carboxylic acid groups (broad SMARTS) is 1. The van der Waals surface area contributed by atoms with Gasteiger partial charge in [-0.05, 0) is 67.6 Å². The van der Waals surface area contributed by atoms with E-state index in [1.165, 1.54) is 32.1 Å². The minimum Gasteiger partial charge on any atom is -0.481 e. The van der Waals surface area contributed by atoms with Gasteiger partial charge in [-0.25, -0.2) is 0 Å². The summed E-state index contributed by atoms with van der Waals surface area (Å²) in [5.74, 6) is 3.03. The second-order valence-electron chi connectivity index (χ2n) is 6.51. The summed E-state index contributed by atoms with van der Waals surface area (Å²) in [6.07, 6.45) is 7.90. The summed E-state index contributed by atoms with van der Waals surface area (Å²) in [4.78, 5) is 11.2. The van der Waals surface area contributed by atoms with Gasteiger partial charge in [-0.3, -0.25) is 4.79 Å². The van der Waals surface area contributed by atoms with Crippen LogP contribution in [0.2, 0.25) is 0 Å². The van der Waals surface area contributed by atoms with Crippen LogP contribution in [0.1, 0.15) is 38.5 Å². The van der Waals surface area contributed by atoms with Crippen LogP contribution in [-0.4, -0.2) is 11.1 Å². The molecule has 2 heteroatoms. The van der Waals surface area contributed by atoms with Crippen molar-refractivity contribution in [2.45, 2.75) is 38.5 Å². The second kappa shape index (κ2) is 2.41. The smallest absolute Gasteiger partial charge is 0.307 e. The van der Waals surface area contributed by atoms with Crippen molar-refractivity contribution in [1.29, 1.82) is 0 Å². The van der Waals surface area contributed by atoms with Crippen molar-refractivity contribution >= 4 is 5.97 Å². The average Bonchev–Trinajstić information content (AvgIpc) is 2.89. The molecule has 15 heavy (non-hydrogen) atoms. The van der Waals surface area contributed by atoms with E-state index in [0.29, 0.717) is 5.41 Å². The van der Waals surface area contributed by atoms with E-state index < -0.39 is 5.97 Å². The van der Waals surface area contributed by atoms with Gasteiger partial charge in [0.25, 0.3) is 0 Å². The third-order valence-electron chi connectivity index (χ3n) is 6.00. The molecule has 1 atom stereocenters. The number of aliphatic carboxylic acids is 1. The lowest BCUT2D eigenvalue weighted by Gasteiger charge is -2.55. The van der Waals surface area contributed by atoms with Crippen LogP contribution in [0.15, 0.2) is 0 Å². The molecule has 5 rings (SSSR count). The fourth-order valence-electron chi connectivity index (χ4n) is 5.58. The molecule has 0 saturated heterocycles. The molecule has 0 unspecified atom stereocenters. The Morgan fingerprint density at radius 1 is 1.00 bits per heavy atom. The van der Waals surface area contributed by atoms with Crippen LogP contribution in [0.5, 0.6) is 0 Å². The van der Waals surface area contributed by atoms with Crippen molar-refractivity contribution in [3.05, 3.63) is 0 Å². The molecule has 2 nitrogen and oxygen atoms in total. The average molecular weight is 206 g/mol. The van der Waals surface area contributed by atoms with Gasteiger partial charge in [0.15, 0.2) is 0 Å². The fourth-order valence-corrected chi connectivity index (χ4v) is 5.58. The van der Waals surface area contributed by atoms with E-state index in [0.717, 1.165) is 30.1 Å². The van der Waals surface area contributed by atoms with Gasteiger partial charge in [-0.2, -0.15) is 0 Å². The van der Waals surface area contributed by atoms with Crippen molar-refractivity contribution in [3.63, 3.8) is 0 Å². The first-order valence-electron chi connectivity index (χ1n) is 6.43. The molecule has 0 amide bonds. The summed E-state index contributed by atoms with van der Waals surface area (Å²) in [5.41, 5.74) is 0.291. The van der Waals surface area contributed by atoms with Crippen LogP contribution in [0.3, 0.4) is 0 Å². The highest BCUT2D eigenvalue weighted by Crippen LogP contribution is 2.74. The zero-order chi connectivity index (χ0) is 10.2. The fraction of sp³-hybridized carbons (Fsp3) is 0.923. The minimum absolute atomic E-state index is 0.0347. The summed E-state index contributed by atoms with van der Waals surface area (Å²) >= 11 is 0. The maximum Gasteiger partial charge on any atom is 0.307 e. The first-order valence-corrected chi connectivity index (χ1v) is 6.43. The standard InChI is InChI=1S/C13H18O2/c14-12(15)11-6-13(11)9-2-7-1-8(4-9)5-10(13)3-7/h7-11H,1-6H2,(H,14,15)/t7?,8?,9?,10?,11-,13?/m1/s1. The molecule has 5 fully saturated rings. The summed E-state index contributed by atoms with van der Waals surface area (Å²) in [7, 11) is 0. The molecule has 4 bridgehead atoms. The van der Waals surface area contributed by atoms with Gasteiger partial charge in [0.1, 0.15) is 0 Å². The Balaban J connectivity index is 1.70. The summed E-state index contributed by atoms with van der Waals surface area (Å²) in [6, 6.07) is 0. The van der Waals surface area contributed by atoms with Gasteiger partial charge in [0.2, 0.25) is 0 Å². The van der Waals surface area contributed by atoms with E-state index >= 15 is 0 Å². The zero-order valence-electron chi connectivity index (χ0n) is 8.98. The molecule has 0 aromatic rings. The lowest BCUT2D eigenvalue weighted by atomic mass is 9.49. The minimum atomic E-state index is -0.512. The highest BCUT2D eigenvalue weighted by atomic mass is 16.4. The first kappa shape index (κ1) is 8.60. The lowest BCUT2D eigenvalue weighted by molar-refractivity contribution is -0.143. The number of carbonyl (C=O) groups is 1. The highest BCUT2D eigenvalue weighted by molar-refractivity contribution is 5.75. The van der Waals surface area contributed by atoms with Gasteiger partial charge < -0.3 is 5.11 Å². The van der Waals surface area contributed by atoms with Crippen molar-refractivity contribution in [2.24, 2.45) is 35.0 Å². The molecule has 5 aliphatic carbocycles. The molecule has 0 radical (unpaired) electrons. The molecule has 0 aliphatic heterocycles. The van der Waals surface area contributed by atoms with Gasteiger partial charge >= 0.3 is 5.97 Å². The quantitative estimate of drug-likeness (QED) is 0.715. The third-order valence-corrected chi connectivity index (χ3v) is 6.00. The van der Waals surface area contributed by atoms with Gasteiger partial charge in [-0.15, -0.1) is 0 Å². The van der Waals surface area contributed by atoms with Gasteiger partial charge in [-0.1, -0.05) is 0 Å². The molecule has 0 aromatic heterocycles. The van der Waals surface area contributed by atoms with Crippen LogP contribution in [0.25, 0.3) is 0 Å². The van der Waals surface area contributed by atoms with Crippen LogP contribution in [0.4, 0.5) is 0 Å². The Kier molecular flexibility index (Phi) is 1.38. The van der Waals surface area contributed by atoms with Crippen LogP contribution in [-0.2, 0) is 4.79 Å². The Labute approximate surface area is 90.1 Å². The normalized spacial score (nSPS) is 59.9. The molecule has 5 aliphatic rings. The van der Waals surface area contributed by atoms with E-state index in [2.05, 4.69) is 0 Å². The van der Waals surface area contributed by atoms with Crippen LogP contribution < -0.4 is 0 Å². The van der Waals surface area contributed by atoms with E-state index in [4.69, 9.17) is 0 Å². The third kappa shape index (κ3) is 0.896. The molecule has 0 heterocycles. The maximum absolute atomic E-state index is 11.2. The van der Waals surface area contributed by atoms with E-state index in [1.807, 2.05) is 0 Å². The summed E-state index contributed by atoms with van der Waals surface area (Å²) in [6.45, 7) is 0. The Hall–Kier alpha value is -0.530. The molecular formula is C13H18O2. The Bertz CT molecular complexity index is 305. The molecule has 82 valence electrons. The Morgan fingerprint density at radius 3 is 1.93 bits per heavy atom. The largest absolute Gasteiger partial charge is 0.481 e. The van der Waals surface area contributed by atoms with Crippen molar-refractivity contribution < 1.29 is 9.90 Å². The van der Waals surface area contributed by atoms with Gasteiger partial charge in [0.05, 0.1) is 5.92 Å².